The molecule has 2 aromatic carbocycles. The fourth-order valence-corrected chi connectivity index (χ4v) is 4.29. The maximum atomic E-state index is 12.5. The summed E-state index contributed by atoms with van der Waals surface area (Å²) in [7, 11) is 1.65. The third kappa shape index (κ3) is 4.63. The number of ether oxygens (including phenoxy) is 2. The summed E-state index contributed by atoms with van der Waals surface area (Å²) < 4.78 is 11.9. The molecule has 1 aliphatic carbocycles. The number of anilines is 2. The van der Waals surface area contributed by atoms with Gasteiger partial charge in [-0.05, 0) is 61.2 Å². The van der Waals surface area contributed by atoms with Crippen LogP contribution in [0.1, 0.15) is 31.2 Å². The first-order valence-corrected chi connectivity index (χ1v) is 11.3. The Morgan fingerprint density at radius 3 is 2.65 bits per heavy atom. The van der Waals surface area contributed by atoms with E-state index in [1.165, 1.54) is 12.8 Å². The van der Waals surface area contributed by atoms with Crippen LogP contribution in [0.3, 0.4) is 0 Å². The molecule has 0 unspecified atom stereocenters. The summed E-state index contributed by atoms with van der Waals surface area (Å²) in [6.07, 6.45) is 6.27. The molecule has 0 saturated heterocycles. The molecule has 1 aliphatic rings. The molecule has 9 nitrogen and oxygen atoms in total. The molecule has 174 valence electrons. The van der Waals surface area contributed by atoms with E-state index in [2.05, 4.69) is 30.5 Å². The van der Waals surface area contributed by atoms with Crippen molar-refractivity contribution in [3.05, 3.63) is 76.7 Å². The van der Waals surface area contributed by atoms with Gasteiger partial charge in [-0.3, -0.25) is 4.79 Å². The zero-order valence-electron chi connectivity index (χ0n) is 18.9. The molecule has 2 aromatic heterocycles. The molecule has 9 heteroatoms. The molecule has 34 heavy (non-hydrogen) atoms. The Kier molecular flexibility index (Phi) is 6.24. The van der Waals surface area contributed by atoms with E-state index in [4.69, 9.17) is 9.47 Å². The smallest absolute Gasteiger partial charge is 0.252 e. The Bertz CT molecular complexity index is 1300. The molecule has 2 heterocycles. The van der Waals surface area contributed by atoms with Crippen LogP contribution in [0.15, 0.2) is 65.6 Å². The number of aromatic amines is 2. The minimum atomic E-state index is -0.127. The molecule has 0 spiro atoms. The molecule has 0 aliphatic heterocycles. The van der Waals surface area contributed by atoms with Gasteiger partial charge in [-0.25, -0.2) is 0 Å². The number of aromatic nitrogens is 5. The number of pyridine rings is 1. The van der Waals surface area contributed by atoms with Crippen molar-refractivity contribution >= 4 is 11.4 Å². The summed E-state index contributed by atoms with van der Waals surface area (Å²) in [5.74, 6) is 1.89. The first-order chi connectivity index (χ1) is 16.7. The summed E-state index contributed by atoms with van der Waals surface area (Å²) in [4.78, 5) is 17.3. The van der Waals surface area contributed by atoms with E-state index < -0.39 is 0 Å². The van der Waals surface area contributed by atoms with E-state index in [0.717, 1.165) is 29.8 Å². The molecule has 4 aromatic rings. The van der Waals surface area contributed by atoms with Gasteiger partial charge in [0, 0.05) is 34.8 Å². The summed E-state index contributed by atoms with van der Waals surface area (Å²) in [5, 5.41) is 14.3. The lowest BCUT2D eigenvalue weighted by Gasteiger charge is -2.27. The van der Waals surface area contributed by atoms with Crippen LogP contribution >= 0.6 is 0 Å². The van der Waals surface area contributed by atoms with Gasteiger partial charge in [-0.15, -0.1) is 10.2 Å². The molecule has 5 rings (SSSR count). The SMILES string of the molecule is COc1ccc(N(Cc2ccc[nH]c2=O)c2cccc(-c3nn[nH]n3)c2)cc1OC1CCCC1. The molecule has 0 atom stereocenters. The zero-order chi connectivity index (χ0) is 23.3. The van der Waals surface area contributed by atoms with Crippen molar-refractivity contribution in [2.75, 3.05) is 12.0 Å². The molecular formula is C25H26N6O3. The van der Waals surface area contributed by atoms with E-state index in [0.29, 0.717) is 29.4 Å². The second-order valence-electron chi connectivity index (χ2n) is 8.26. The molecular weight excluding hydrogens is 432 g/mol. The summed E-state index contributed by atoms with van der Waals surface area (Å²) in [6.45, 7) is 0.362. The van der Waals surface area contributed by atoms with Crippen LogP contribution < -0.4 is 19.9 Å². The van der Waals surface area contributed by atoms with Gasteiger partial charge in [0.05, 0.1) is 19.8 Å². The topological polar surface area (TPSA) is 109 Å². The van der Waals surface area contributed by atoms with E-state index in [1.807, 2.05) is 54.6 Å². The van der Waals surface area contributed by atoms with Crippen LogP contribution in [0.4, 0.5) is 11.4 Å². The maximum absolute atomic E-state index is 12.5. The number of H-pyrrole nitrogens is 2. The average Bonchev–Trinajstić information content (AvgIpc) is 3.58. The summed E-state index contributed by atoms with van der Waals surface area (Å²) >= 11 is 0. The lowest BCUT2D eigenvalue weighted by molar-refractivity contribution is 0.201. The number of nitrogens with one attached hydrogen (secondary N) is 2. The monoisotopic (exact) mass is 458 g/mol. The molecule has 2 N–H and O–H groups in total. The third-order valence-electron chi connectivity index (χ3n) is 6.04. The number of nitrogens with zero attached hydrogens (tertiary/aromatic N) is 4. The van der Waals surface area contributed by atoms with Crippen molar-refractivity contribution in [3.8, 4) is 22.9 Å². The minimum Gasteiger partial charge on any atom is -0.493 e. The van der Waals surface area contributed by atoms with Crippen molar-refractivity contribution < 1.29 is 9.47 Å². The highest BCUT2D eigenvalue weighted by atomic mass is 16.5. The largest absolute Gasteiger partial charge is 0.493 e. The lowest BCUT2D eigenvalue weighted by atomic mass is 10.1. The lowest BCUT2D eigenvalue weighted by Crippen LogP contribution is -2.22. The van der Waals surface area contributed by atoms with E-state index in [-0.39, 0.29) is 11.7 Å². The van der Waals surface area contributed by atoms with Crippen LogP contribution in [-0.2, 0) is 6.54 Å². The highest BCUT2D eigenvalue weighted by Crippen LogP contribution is 2.38. The fourth-order valence-electron chi connectivity index (χ4n) is 4.29. The first kappa shape index (κ1) is 21.7. The number of rotatable bonds is 8. The molecule has 0 bridgehead atoms. The van der Waals surface area contributed by atoms with E-state index >= 15 is 0 Å². The number of hydrogen-bond acceptors (Lipinski definition) is 7. The van der Waals surface area contributed by atoms with Gasteiger partial charge < -0.3 is 19.4 Å². The van der Waals surface area contributed by atoms with Crippen molar-refractivity contribution in [2.45, 2.75) is 38.3 Å². The zero-order valence-corrected chi connectivity index (χ0v) is 18.9. The van der Waals surface area contributed by atoms with Crippen LogP contribution in [0.2, 0.25) is 0 Å². The first-order valence-electron chi connectivity index (χ1n) is 11.3. The van der Waals surface area contributed by atoms with Crippen LogP contribution in [0, 0.1) is 0 Å². The van der Waals surface area contributed by atoms with E-state index in [9.17, 15) is 4.79 Å². The van der Waals surface area contributed by atoms with E-state index in [1.54, 1.807) is 13.3 Å². The normalized spacial score (nSPS) is 13.7. The molecule has 1 fully saturated rings. The predicted molar refractivity (Wildman–Crippen MR) is 128 cm³/mol. The third-order valence-corrected chi connectivity index (χ3v) is 6.04. The standard InChI is InChI=1S/C25H26N6O3/c1-33-22-12-11-20(15-23(22)34-21-9-2-3-10-21)31(16-18-7-5-13-26-25(18)32)19-8-4-6-17(14-19)24-27-29-30-28-24/h4-8,11-15,21H,2-3,9-10,16H2,1H3,(H,26,32)(H,27,28,29,30). The van der Waals surface area contributed by atoms with Gasteiger partial charge in [0.25, 0.3) is 5.56 Å². The van der Waals surface area contributed by atoms with Crippen LogP contribution in [-0.4, -0.2) is 38.8 Å². The Labute approximate surface area is 196 Å². The van der Waals surface area contributed by atoms with Gasteiger partial charge in [0.15, 0.2) is 11.5 Å². The van der Waals surface area contributed by atoms with Crippen molar-refractivity contribution in [1.82, 2.24) is 25.6 Å². The minimum absolute atomic E-state index is 0.127. The highest BCUT2D eigenvalue weighted by molar-refractivity contribution is 5.71. The maximum Gasteiger partial charge on any atom is 0.252 e. The second-order valence-corrected chi connectivity index (χ2v) is 8.26. The molecule has 0 amide bonds. The number of methoxy groups -OCH3 is 1. The summed E-state index contributed by atoms with van der Waals surface area (Å²) in [5.41, 5.74) is 3.08. The Hall–Kier alpha value is -4.14. The van der Waals surface area contributed by atoms with Gasteiger partial charge in [0.1, 0.15) is 0 Å². The fraction of sp³-hybridized carbons (Fsp3) is 0.280. The molecule has 1 saturated carbocycles. The van der Waals surface area contributed by atoms with Gasteiger partial charge in [0.2, 0.25) is 5.82 Å². The quantitative estimate of drug-likeness (QED) is 0.407. The van der Waals surface area contributed by atoms with Crippen LogP contribution in [0.5, 0.6) is 11.5 Å². The average molecular weight is 459 g/mol. The Morgan fingerprint density at radius 1 is 1.03 bits per heavy atom. The van der Waals surface area contributed by atoms with Gasteiger partial charge in [-0.1, -0.05) is 18.2 Å². The van der Waals surface area contributed by atoms with Crippen molar-refractivity contribution in [3.63, 3.8) is 0 Å². The number of hydrogen-bond donors (Lipinski definition) is 2. The van der Waals surface area contributed by atoms with Crippen molar-refractivity contribution in [2.24, 2.45) is 0 Å². The summed E-state index contributed by atoms with van der Waals surface area (Å²) in [6, 6.07) is 17.3. The number of tetrazole rings is 1. The van der Waals surface area contributed by atoms with Crippen molar-refractivity contribution in [1.29, 1.82) is 0 Å². The van der Waals surface area contributed by atoms with Gasteiger partial charge >= 0.3 is 0 Å². The molecule has 0 radical (unpaired) electrons. The van der Waals surface area contributed by atoms with Crippen LogP contribution in [0.25, 0.3) is 11.4 Å². The predicted octanol–water partition coefficient (Wildman–Crippen LogP) is 4.22. The Balaban J connectivity index is 1.56. The second kappa shape index (κ2) is 9.78. The van der Waals surface area contributed by atoms with Gasteiger partial charge in [-0.2, -0.15) is 5.21 Å². The highest BCUT2D eigenvalue weighted by Gasteiger charge is 2.21. The Morgan fingerprint density at radius 2 is 1.88 bits per heavy atom. The number of benzene rings is 2.